The van der Waals surface area contributed by atoms with Gasteiger partial charge in [-0.15, -0.1) is 0 Å². The van der Waals surface area contributed by atoms with Gasteiger partial charge in [-0.2, -0.15) is 4.99 Å². The first-order chi connectivity index (χ1) is 13.3. The van der Waals surface area contributed by atoms with Gasteiger partial charge in [0.1, 0.15) is 5.84 Å². The summed E-state index contributed by atoms with van der Waals surface area (Å²) in [5.74, 6) is -0.276. The minimum absolute atomic E-state index is 0.130. The number of carbonyl (C=O) groups is 1. The van der Waals surface area contributed by atoms with E-state index in [9.17, 15) is 4.79 Å². The van der Waals surface area contributed by atoms with Crippen LogP contribution in [0.5, 0.6) is 0 Å². The minimum atomic E-state index is -0.405. The molecule has 1 aromatic carbocycles. The summed E-state index contributed by atoms with van der Waals surface area (Å²) < 4.78 is 1.99. The molecule has 0 atom stereocenters. The van der Waals surface area contributed by atoms with Gasteiger partial charge in [0.05, 0.1) is 21.3 Å². The van der Waals surface area contributed by atoms with E-state index in [0.717, 1.165) is 27.5 Å². The molecule has 4 rings (SSSR count). The lowest BCUT2D eigenvalue weighted by molar-refractivity contribution is -0.114. The van der Waals surface area contributed by atoms with Crippen molar-refractivity contribution in [2.24, 2.45) is 4.99 Å². The Bertz CT molecular complexity index is 1140. The number of aliphatic imine (C=N–C) groups is 1. The Morgan fingerprint density at radius 2 is 1.96 bits per heavy atom. The number of hydrogen-bond donors (Lipinski definition) is 1. The van der Waals surface area contributed by atoms with Crippen LogP contribution in [0.25, 0.3) is 11.8 Å². The Morgan fingerprint density at radius 3 is 2.71 bits per heavy atom. The van der Waals surface area contributed by atoms with E-state index in [4.69, 9.17) is 28.6 Å². The number of carbonyl (C=O) groups excluding carboxylic acids is 1. The molecule has 2 aromatic rings. The fraction of sp³-hybridized carbons (Fsp3) is 0.150. The van der Waals surface area contributed by atoms with Crippen LogP contribution in [0, 0.1) is 19.3 Å². The summed E-state index contributed by atoms with van der Waals surface area (Å²) in [4.78, 5) is 19.3. The van der Waals surface area contributed by atoms with Gasteiger partial charge in [0, 0.05) is 22.5 Å². The van der Waals surface area contributed by atoms with Crippen molar-refractivity contribution in [2.45, 2.75) is 20.8 Å². The Hall–Kier alpha value is -2.28. The zero-order valence-electron chi connectivity index (χ0n) is 15.4. The maximum absolute atomic E-state index is 12.5. The fourth-order valence-corrected chi connectivity index (χ4v) is 4.52. The number of benzene rings is 1. The summed E-state index contributed by atoms with van der Waals surface area (Å²) in [7, 11) is 0. The number of fused-ring (bicyclic) bond motifs is 1. The molecule has 0 bridgehead atoms. The first-order valence-corrected chi connectivity index (χ1v) is 10.1. The second kappa shape index (κ2) is 6.95. The summed E-state index contributed by atoms with van der Waals surface area (Å²) in [6, 6.07) is 7.44. The number of thioether (sulfide) groups is 1. The largest absolute Gasteiger partial charge is 0.316 e. The minimum Gasteiger partial charge on any atom is -0.316 e. The van der Waals surface area contributed by atoms with Crippen molar-refractivity contribution < 1.29 is 4.79 Å². The Balaban J connectivity index is 1.81. The molecular formula is C20H16Cl2N4OS. The molecule has 2 aliphatic heterocycles. The van der Waals surface area contributed by atoms with Crippen LogP contribution >= 0.6 is 35.0 Å². The molecule has 142 valence electrons. The predicted molar refractivity (Wildman–Crippen MR) is 117 cm³/mol. The summed E-state index contributed by atoms with van der Waals surface area (Å²) in [5, 5.41) is 9.93. The van der Waals surface area contributed by atoms with Crippen LogP contribution < -0.4 is 0 Å². The van der Waals surface area contributed by atoms with Gasteiger partial charge >= 0.3 is 0 Å². The third kappa shape index (κ3) is 3.02. The average Bonchev–Trinajstić information content (AvgIpc) is 3.13. The van der Waals surface area contributed by atoms with Crippen LogP contribution in [0.1, 0.15) is 23.9 Å². The molecule has 8 heteroatoms. The van der Waals surface area contributed by atoms with Crippen molar-refractivity contribution >= 4 is 58.0 Å². The summed E-state index contributed by atoms with van der Waals surface area (Å²) in [6.07, 6.45) is 3.54. The molecule has 1 N–H and O–H groups in total. The van der Waals surface area contributed by atoms with Gasteiger partial charge in [-0.3, -0.25) is 15.1 Å². The number of aryl methyl sites for hydroxylation is 1. The third-order valence-electron chi connectivity index (χ3n) is 4.64. The fourth-order valence-electron chi connectivity index (χ4n) is 3.33. The molecule has 0 fully saturated rings. The van der Waals surface area contributed by atoms with Crippen LogP contribution in [-0.2, 0) is 4.79 Å². The lowest BCUT2D eigenvalue weighted by Gasteiger charge is -2.22. The van der Waals surface area contributed by atoms with Gasteiger partial charge in [0.25, 0.3) is 5.91 Å². The highest BCUT2D eigenvalue weighted by Crippen LogP contribution is 2.34. The molecule has 5 nitrogen and oxygen atoms in total. The zero-order chi connectivity index (χ0) is 20.2. The monoisotopic (exact) mass is 430 g/mol. The van der Waals surface area contributed by atoms with Crippen LogP contribution in [0.2, 0.25) is 10.0 Å². The molecule has 0 aliphatic carbocycles. The Kier molecular flexibility index (Phi) is 4.73. The number of nitrogens with zero attached hydrogens (tertiary/aromatic N) is 3. The second-order valence-corrected chi connectivity index (χ2v) is 8.55. The van der Waals surface area contributed by atoms with E-state index >= 15 is 0 Å². The number of allylic oxidation sites excluding steroid dienone is 1. The zero-order valence-corrected chi connectivity index (χ0v) is 17.7. The maximum atomic E-state index is 12.5. The quantitative estimate of drug-likeness (QED) is 0.633. The van der Waals surface area contributed by atoms with Crippen LogP contribution in [-0.4, -0.2) is 26.4 Å². The number of aromatic nitrogens is 1. The molecule has 0 spiro atoms. The van der Waals surface area contributed by atoms with E-state index < -0.39 is 5.91 Å². The number of rotatable bonds is 2. The van der Waals surface area contributed by atoms with E-state index in [-0.39, 0.29) is 11.4 Å². The predicted octanol–water partition coefficient (Wildman–Crippen LogP) is 5.57. The van der Waals surface area contributed by atoms with Crippen LogP contribution in [0.15, 0.2) is 45.9 Å². The number of amidine groups is 2. The highest BCUT2D eigenvalue weighted by Gasteiger charge is 2.33. The molecule has 1 amide bonds. The number of nitrogens with one attached hydrogen (secondary N) is 1. The topological polar surface area (TPSA) is 61.5 Å². The second-order valence-electron chi connectivity index (χ2n) is 6.55. The van der Waals surface area contributed by atoms with E-state index in [1.807, 2.05) is 49.7 Å². The Morgan fingerprint density at radius 1 is 1.21 bits per heavy atom. The first kappa shape index (κ1) is 19.1. The smallest absolute Gasteiger partial charge is 0.283 e. The molecule has 2 aliphatic rings. The Labute approximate surface area is 176 Å². The van der Waals surface area contributed by atoms with E-state index in [1.54, 1.807) is 17.0 Å². The molecule has 0 radical (unpaired) electrons. The molecular weight excluding hydrogens is 415 g/mol. The molecule has 3 heterocycles. The number of amides is 1. The average molecular weight is 431 g/mol. The highest BCUT2D eigenvalue weighted by molar-refractivity contribution is 8.17. The molecule has 0 unspecified atom stereocenters. The van der Waals surface area contributed by atoms with Gasteiger partial charge in [-0.05, 0) is 50.6 Å². The standard InChI is InChI=1S/C20H16Cl2N4OS/c1-10-7-13(12(3)26(10)16-6-4-5-15(21)17(16)22)8-14-18(23)25-9-11(2)28-20(25)24-19(14)27/h4-9,23H,1-3H3. The summed E-state index contributed by atoms with van der Waals surface area (Å²) in [5.41, 5.74) is 3.70. The SMILES string of the molecule is CC1=CN2C(=N)C(=Cc3cc(C)n(-c4cccc(Cl)c4Cl)c3C)C(=O)N=C2S1. The van der Waals surface area contributed by atoms with Crippen molar-refractivity contribution in [3.63, 3.8) is 0 Å². The van der Waals surface area contributed by atoms with Gasteiger partial charge in [0.15, 0.2) is 5.17 Å². The van der Waals surface area contributed by atoms with Crippen molar-refractivity contribution in [3.8, 4) is 5.69 Å². The van der Waals surface area contributed by atoms with Gasteiger partial charge < -0.3 is 4.57 Å². The van der Waals surface area contributed by atoms with Crippen molar-refractivity contribution in [1.82, 2.24) is 9.47 Å². The molecule has 0 saturated heterocycles. The van der Waals surface area contributed by atoms with Crippen LogP contribution in [0.3, 0.4) is 0 Å². The van der Waals surface area contributed by atoms with Gasteiger partial charge in [-0.1, -0.05) is 41.0 Å². The van der Waals surface area contributed by atoms with E-state index in [1.165, 1.54) is 11.8 Å². The number of halogens is 2. The normalized spacial score (nSPS) is 17.9. The first-order valence-electron chi connectivity index (χ1n) is 8.50. The lowest BCUT2D eigenvalue weighted by atomic mass is 10.1. The summed E-state index contributed by atoms with van der Waals surface area (Å²) in [6.45, 7) is 5.83. The molecule has 1 aromatic heterocycles. The number of hydrogen-bond acceptors (Lipinski definition) is 3. The maximum Gasteiger partial charge on any atom is 0.283 e. The van der Waals surface area contributed by atoms with Crippen molar-refractivity contribution in [3.05, 3.63) is 67.9 Å². The van der Waals surface area contributed by atoms with E-state index in [2.05, 4.69) is 4.99 Å². The van der Waals surface area contributed by atoms with Gasteiger partial charge in [0.2, 0.25) is 0 Å². The summed E-state index contributed by atoms with van der Waals surface area (Å²) >= 11 is 14.0. The molecule has 28 heavy (non-hydrogen) atoms. The van der Waals surface area contributed by atoms with E-state index in [0.29, 0.717) is 15.2 Å². The van der Waals surface area contributed by atoms with Gasteiger partial charge in [-0.25, -0.2) is 0 Å². The highest BCUT2D eigenvalue weighted by atomic mass is 35.5. The van der Waals surface area contributed by atoms with Crippen LogP contribution in [0.4, 0.5) is 0 Å². The lowest BCUT2D eigenvalue weighted by Crippen LogP contribution is -2.35. The van der Waals surface area contributed by atoms with Crippen molar-refractivity contribution in [1.29, 1.82) is 5.41 Å². The molecule has 0 saturated carbocycles. The van der Waals surface area contributed by atoms with Crippen molar-refractivity contribution in [2.75, 3.05) is 0 Å². The third-order valence-corrected chi connectivity index (χ3v) is 6.34.